The zero-order chi connectivity index (χ0) is 8.85. The van der Waals surface area contributed by atoms with Gasteiger partial charge in [0.2, 0.25) is 0 Å². The summed E-state index contributed by atoms with van der Waals surface area (Å²) in [6.45, 7) is 0. The van der Waals surface area contributed by atoms with Crippen LogP contribution in [0.5, 0.6) is 0 Å². The van der Waals surface area contributed by atoms with Crippen LogP contribution in [0, 0.1) is 0 Å². The fourth-order valence-electron chi connectivity index (χ4n) is 0.142. The maximum atomic E-state index is 10.4. The van der Waals surface area contributed by atoms with Crippen LogP contribution in [0.15, 0.2) is 0 Å². The zero-order valence-electron chi connectivity index (χ0n) is 5.05. The first kappa shape index (κ1) is 11.0. The first-order valence-corrected chi connectivity index (χ1v) is 3.88. The standard InChI is InChI=1S/C4H3O4S2.Fe/c5-3(1-9)7-8-4(6)2-10;/h1H2,(H-,9,10);/q-1;+1. The van der Waals surface area contributed by atoms with Crippen LogP contribution in [0.4, 0.5) is 0 Å². The number of hydrogen-bond donors (Lipinski definition) is 1. The summed E-state index contributed by atoms with van der Waals surface area (Å²) in [5.41, 5.74) is 0. The molecule has 0 rings (SSSR count). The zero-order valence-corrected chi connectivity index (χ0v) is 7.86. The first-order valence-electron chi connectivity index (χ1n) is 2.28. The molecule has 63 valence electrons. The topological polar surface area (TPSA) is 52.6 Å². The van der Waals surface area contributed by atoms with Gasteiger partial charge in [-0.2, -0.15) is 0 Å². The molecule has 0 aromatic heterocycles. The van der Waals surface area contributed by atoms with E-state index in [4.69, 9.17) is 0 Å². The maximum absolute atomic E-state index is 10.4. The van der Waals surface area contributed by atoms with Crippen molar-refractivity contribution < 1.29 is 34.9 Å². The predicted molar refractivity (Wildman–Crippen MR) is 38.4 cm³/mol. The van der Waals surface area contributed by atoms with Gasteiger partial charge >= 0.3 is 81.6 Å². The number of thiol groups is 1. The van der Waals surface area contributed by atoms with Crippen LogP contribution in [0.3, 0.4) is 0 Å². The van der Waals surface area contributed by atoms with Crippen LogP contribution in [0.1, 0.15) is 0 Å². The predicted octanol–water partition coefficient (Wildman–Crippen LogP) is -0.859. The molecule has 0 fully saturated rings. The molecule has 7 heteroatoms. The van der Waals surface area contributed by atoms with Crippen molar-refractivity contribution in [2.75, 3.05) is 5.75 Å². The van der Waals surface area contributed by atoms with E-state index in [2.05, 4.69) is 50.6 Å². The molecule has 4 nitrogen and oxygen atoms in total. The van der Waals surface area contributed by atoms with Gasteiger partial charge in [-0.25, -0.2) is 0 Å². The molecule has 0 bridgehead atoms. The van der Waals surface area contributed by atoms with Gasteiger partial charge in [-0.05, 0) is 0 Å². The van der Waals surface area contributed by atoms with Crippen LogP contribution in [0.25, 0.3) is 0 Å². The molecule has 0 saturated heterocycles. The fourth-order valence-corrected chi connectivity index (χ4v) is 0.275. The first-order chi connectivity index (χ1) is 5.07. The molecule has 0 atom stereocenters. The number of carbonyl (C=O) groups is 2. The van der Waals surface area contributed by atoms with Crippen LogP contribution in [0.2, 0.25) is 0 Å². The van der Waals surface area contributed by atoms with E-state index in [1.165, 1.54) is 0 Å². The third-order valence-corrected chi connectivity index (χ3v) is 1.15. The van der Waals surface area contributed by atoms with Gasteiger partial charge in [-0.15, -0.1) is 0 Å². The molecule has 0 aliphatic heterocycles. The van der Waals surface area contributed by atoms with E-state index in [0.29, 0.717) is 0 Å². The van der Waals surface area contributed by atoms with Gasteiger partial charge in [0.05, 0.1) is 0 Å². The summed E-state index contributed by atoms with van der Waals surface area (Å²) in [5.74, 6) is -1.88. The fraction of sp³-hybridized carbons (Fsp3) is 0.250. The SMILES string of the molecule is O=C(CS)OOC(=O)[C]([S-])=[Fe+]. The minimum absolute atomic E-state index is 0.169. The van der Waals surface area contributed by atoms with Crippen molar-refractivity contribution in [3.8, 4) is 0 Å². The Kier molecular flexibility index (Phi) is 5.67. The van der Waals surface area contributed by atoms with Crippen molar-refractivity contribution in [3.05, 3.63) is 0 Å². The molecule has 0 unspecified atom stereocenters. The quantitative estimate of drug-likeness (QED) is 0.222. The van der Waals surface area contributed by atoms with Crippen LogP contribution in [-0.4, -0.2) is 21.4 Å². The molecule has 0 N–H and O–H groups in total. The van der Waals surface area contributed by atoms with Crippen molar-refractivity contribution in [1.82, 2.24) is 0 Å². The van der Waals surface area contributed by atoms with E-state index in [-0.39, 0.29) is 9.50 Å². The van der Waals surface area contributed by atoms with Crippen molar-refractivity contribution in [3.63, 3.8) is 0 Å². The number of carbonyl (C=O) groups excluding carboxylic acids is 2. The molecule has 11 heavy (non-hydrogen) atoms. The van der Waals surface area contributed by atoms with Gasteiger partial charge in [0.15, 0.2) is 0 Å². The number of rotatable bonds is 2. The summed E-state index contributed by atoms with van der Waals surface area (Å²) in [6, 6.07) is 0. The summed E-state index contributed by atoms with van der Waals surface area (Å²) >= 11 is 11.0. The summed E-state index contributed by atoms with van der Waals surface area (Å²) in [7, 11) is 0. The molecule has 0 heterocycles. The summed E-state index contributed by atoms with van der Waals surface area (Å²) in [5, 5.41) is 0. The Morgan fingerprint density at radius 2 is 2.00 bits per heavy atom. The average Bonchev–Trinajstić information content (AvgIpc) is 1.99. The molecule has 0 aromatic carbocycles. The van der Waals surface area contributed by atoms with Gasteiger partial charge in [-0.1, -0.05) is 0 Å². The molecule has 0 radical (unpaired) electrons. The van der Waals surface area contributed by atoms with Crippen LogP contribution < -0.4 is 0 Å². The Bertz CT molecular complexity index is 193. The summed E-state index contributed by atoms with van der Waals surface area (Å²) in [6.07, 6.45) is 0. The van der Waals surface area contributed by atoms with E-state index in [0.717, 1.165) is 0 Å². The second-order valence-corrected chi connectivity index (χ2v) is 2.86. The van der Waals surface area contributed by atoms with Crippen molar-refractivity contribution in [2.24, 2.45) is 0 Å². The molecule has 0 spiro atoms. The summed E-state index contributed by atoms with van der Waals surface area (Å²) < 4.78 is -0.253. The van der Waals surface area contributed by atoms with Crippen molar-refractivity contribution >= 4 is 40.9 Å². The molecular weight excluding hydrogens is 232 g/mol. The molecule has 0 aromatic rings. The Labute approximate surface area is 81.7 Å². The second-order valence-electron chi connectivity index (χ2n) is 1.25. The van der Waals surface area contributed by atoms with Gasteiger partial charge in [-0.3, -0.25) is 0 Å². The third-order valence-electron chi connectivity index (χ3n) is 0.495. The normalized spacial score (nSPS) is 8.55. The van der Waals surface area contributed by atoms with E-state index < -0.39 is 11.9 Å². The van der Waals surface area contributed by atoms with Gasteiger partial charge in [0.1, 0.15) is 0 Å². The molecule has 0 aliphatic rings. The van der Waals surface area contributed by atoms with Gasteiger partial charge in [0, 0.05) is 0 Å². The minimum atomic E-state index is -0.949. The number of hydrogen-bond acceptors (Lipinski definition) is 6. The molecule has 0 saturated carbocycles. The van der Waals surface area contributed by atoms with Gasteiger partial charge in [0.25, 0.3) is 0 Å². The Morgan fingerprint density at radius 3 is 2.36 bits per heavy atom. The average molecular weight is 235 g/mol. The second kappa shape index (κ2) is 5.65. The molecule has 0 amide bonds. The van der Waals surface area contributed by atoms with E-state index >= 15 is 0 Å². The monoisotopic (exact) mass is 235 g/mol. The van der Waals surface area contributed by atoms with E-state index in [1.807, 2.05) is 0 Å². The Balaban J connectivity index is 3.63. The molecule has 0 aliphatic carbocycles. The summed E-state index contributed by atoms with van der Waals surface area (Å²) in [4.78, 5) is 28.6. The van der Waals surface area contributed by atoms with Crippen LogP contribution in [-0.2, 0) is 47.6 Å². The van der Waals surface area contributed by atoms with E-state index in [1.54, 1.807) is 0 Å². The Morgan fingerprint density at radius 1 is 1.45 bits per heavy atom. The van der Waals surface area contributed by atoms with Crippen molar-refractivity contribution in [2.45, 2.75) is 0 Å². The van der Waals surface area contributed by atoms with Crippen molar-refractivity contribution in [1.29, 1.82) is 0 Å². The van der Waals surface area contributed by atoms with E-state index in [9.17, 15) is 9.59 Å². The molecular formula is C4H3FeO4S2. The van der Waals surface area contributed by atoms with Crippen LogP contribution >= 0.6 is 12.6 Å². The Hall–Kier alpha value is 0.0295. The van der Waals surface area contributed by atoms with Gasteiger partial charge < -0.3 is 0 Å². The third kappa shape index (κ3) is 5.32.